The molecule has 1 aromatic heterocycles. The highest BCUT2D eigenvalue weighted by Gasteiger charge is 2.41. The second kappa shape index (κ2) is 13.5. The molecule has 2 aromatic carbocycles. The Bertz CT molecular complexity index is 1450. The van der Waals surface area contributed by atoms with Crippen LogP contribution in [0.15, 0.2) is 62.9 Å². The molecule has 0 fully saturated rings. The zero-order chi connectivity index (χ0) is 29.5. The highest BCUT2D eigenvalue weighted by atomic mass is 32.2. The summed E-state index contributed by atoms with van der Waals surface area (Å²) in [6.07, 6.45) is 5.71. The molecule has 1 unspecified atom stereocenters. The van der Waals surface area contributed by atoms with Gasteiger partial charge in [0.05, 0.1) is 17.2 Å². The van der Waals surface area contributed by atoms with Crippen molar-refractivity contribution in [3.63, 3.8) is 0 Å². The summed E-state index contributed by atoms with van der Waals surface area (Å²) < 4.78 is 36.7. The van der Waals surface area contributed by atoms with E-state index in [1.165, 1.54) is 25.0 Å². The number of sulfonamides is 1. The van der Waals surface area contributed by atoms with Crippen LogP contribution in [-0.4, -0.2) is 67.2 Å². The van der Waals surface area contributed by atoms with Crippen LogP contribution >= 0.6 is 11.8 Å². The number of thioether (sulfide) groups is 1. The molecule has 0 aliphatic rings. The number of benzene rings is 2. The second-order valence-electron chi connectivity index (χ2n) is 9.72. The Hall–Kier alpha value is -3.15. The van der Waals surface area contributed by atoms with Crippen LogP contribution in [0, 0.1) is 0 Å². The Morgan fingerprint density at radius 2 is 1.85 bits per heavy atom. The Labute approximate surface area is 241 Å². The van der Waals surface area contributed by atoms with Gasteiger partial charge in [-0.3, -0.25) is 0 Å². The van der Waals surface area contributed by atoms with Gasteiger partial charge >= 0.3 is 5.97 Å². The number of hydrogen-bond acceptors (Lipinski definition) is 7. The maximum atomic E-state index is 12.9. The number of aromatic nitrogens is 2. The molecule has 0 bridgehead atoms. The van der Waals surface area contributed by atoms with Crippen molar-refractivity contribution in [2.75, 3.05) is 27.0 Å². The first-order valence-electron chi connectivity index (χ1n) is 13.1. The topological polar surface area (TPSA) is 114 Å². The Balaban J connectivity index is 2.04. The van der Waals surface area contributed by atoms with Crippen LogP contribution < -0.4 is 0 Å². The van der Waals surface area contributed by atoms with Crippen molar-refractivity contribution in [1.82, 2.24) is 14.5 Å². The van der Waals surface area contributed by atoms with E-state index in [-0.39, 0.29) is 11.5 Å². The third-order valence-electron chi connectivity index (χ3n) is 6.28. The summed E-state index contributed by atoms with van der Waals surface area (Å²) in [4.78, 5) is 19.2. The fourth-order valence-corrected chi connectivity index (χ4v) is 6.11. The number of esters is 1. The van der Waals surface area contributed by atoms with Gasteiger partial charge in [0.1, 0.15) is 17.2 Å². The van der Waals surface area contributed by atoms with Crippen LogP contribution in [0.1, 0.15) is 50.7 Å². The van der Waals surface area contributed by atoms with E-state index in [1.54, 1.807) is 50.2 Å². The molecule has 11 heteroatoms. The van der Waals surface area contributed by atoms with Gasteiger partial charge in [0.2, 0.25) is 5.60 Å². The minimum atomic E-state index is -3.90. The first-order chi connectivity index (χ1) is 19.0. The predicted octanol–water partition coefficient (Wildman–Crippen LogP) is 4.71. The quantitative estimate of drug-likeness (QED) is 0.133. The Morgan fingerprint density at radius 1 is 1.18 bits per heavy atom. The van der Waals surface area contributed by atoms with Gasteiger partial charge in [-0.05, 0) is 43.7 Å². The second-order valence-corrected chi connectivity index (χ2v) is 12.1. The van der Waals surface area contributed by atoms with Crippen LogP contribution in [0.2, 0.25) is 0 Å². The van der Waals surface area contributed by atoms with Crippen LogP contribution in [0.5, 0.6) is 0 Å². The number of carbonyl (C=O) groups excluding carboxylic acids is 1. The number of aliphatic hydroxyl groups is 1. The maximum Gasteiger partial charge on any atom is 0.344 e. The van der Waals surface area contributed by atoms with Crippen LogP contribution in [0.3, 0.4) is 0 Å². The van der Waals surface area contributed by atoms with E-state index in [0.29, 0.717) is 29.2 Å². The molecule has 9 nitrogen and oxygen atoms in total. The van der Waals surface area contributed by atoms with E-state index in [1.807, 2.05) is 35.1 Å². The molecule has 0 saturated carbocycles. The molecule has 0 radical (unpaired) electrons. The molecular weight excluding hydrogens is 548 g/mol. The number of hydrogen-bond donors (Lipinski definition) is 1. The SMILES string of the molecule is CCCCc1nc(SC)c(C(C)(O)C(=O)OCC)n1Cc1ccc(-c2ccccc2S(=O)(=O)N=CN(C)C)cc1. The minimum absolute atomic E-state index is 0.120. The fraction of sp³-hybridized carbons (Fsp3) is 0.414. The zero-order valence-corrected chi connectivity index (χ0v) is 25.6. The molecule has 0 aliphatic carbocycles. The molecule has 0 aliphatic heterocycles. The molecule has 216 valence electrons. The highest BCUT2D eigenvalue weighted by Crippen LogP contribution is 2.34. The van der Waals surface area contributed by atoms with Crippen molar-refractivity contribution < 1.29 is 23.1 Å². The average Bonchev–Trinajstić information content (AvgIpc) is 3.29. The summed E-state index contributed by atoms with van der Waals surface area (Å²) >= 11 is 1.37. The molecule has 0 spiro atoms. The van der Waals surface area contributed by atoms with E-state index in [0.717, 1.165) is 29.8 Å². The molecule has 0 amide bonds. The smallest absolute Gasteiger partial charge is 0.344 e. The van der Waals surface area contributed by atoms with Gasteiger partial charge in [-0.15, -0.1) is 16.2 Å². The third-order valence-corrected chi connectivity index (χ3v) is 8.24. The number of unbranched alkanes of at least 4 members (excludes halogenated alkanes) is 1. The van der Waals surface area contributed by atoms with Crippen LogP contribution in [0.25, 0.3) is 11.1 Å². The minimum Gasteiger partial charge on any atom is -0.464 e. The first kappa shape index (κ1) is 31.4. The summed E-state index contributed by atoms with van der Waals surface area (Å²) in [6, 6.07) is 14.3. The fourth-order valence-electron chi connectivity index (χ4n) is 4.27. The standard InChI is InChI=1S/C29H38N4O5S2/c1-7-9-14-25-31-27(39-6)26(29(3,35)28(34)38-8-2)33(25)19-21-15-17-22(18-16-21)23-12-10-11-13-24(23)40(36,37)30-20-32(4)5/h10-13,15-18,20,35H,7-9,14,19H2,1-6H3. The van der Waals surface area contributed by atoms with Crippen molar-refractivity contribution in [3.8, 4) is 11.1 Å². The van der Waals surface area contributed by atoms with Gasteiger partial charge in [-0.1, -0.05) is 55.8 Å². The number of ether oxygens (including phenoxy) is 1. The Kier molecular flexibility index (Phi) is 10.6. The predicted molar refractivity (Wildman–Crippen MR) is 159 cm³/mol. The lowest BCUT2D eigenvalue weighted by Crippen LogP contribution is -2.37. The van der Waals surface area contributed by atoms with Crippen LogP contribution in [0.4, 0.5) is 0 Å². The summed E-state index contributed by atoms with van der Waals surface area (Å²) in [5.74, 6) is 0.0589. The molecule has 1 N–H and O–H groups in total. The molecule has 40 heavy (non-hydrogen) atoms. The van der Waals surface area contributed by atoms with E-state index in [9.17, 15) is 18.3 Å². The summed E-state index contributed by atoms with van der Waals surface area (Å²) in [5, 5.41) is 11.9. The van der Waals surface area contributed by atoms with E-state index in [4.69, 9.17) is 9.72 Å². The summed E-state index contributed by atoms with van der Waals surface area (Å²) in [7, 11) is -0.490. The van der Waals surface area contributed by atoms with E-state index >= 15 is 0 Å². The van der Waals surface area contributed by atoms with Crippen LogP contribution in [-0.2, 0) is 38.1 Å². The van der Waals surface area contributed by atoms with Gasteiger partial charge in [-0.2, -0.15) is 8.42 Å². The average molecular weight is 587 g/mol. The first-order valence-corrected chi connectivity index (χ1v) is 15.8. The van der Waals surface area contributed by atoms with Crippen molar-refractivity contribution in [2.45, 2.75) is 62.1 Å². The molecule has 1 heterocycles. The van der Waals surface area contributed by atoms with E-state index < -0.39 is 21.6 Å². The molecule has 1 atom stereocenters. The van der Waals surface area contributed by atoms with Crippen molar-refractivity contribution in [2.24, 2.45) is 4.40 Å². The van der Waals surface area contributed by atoms with Gasteiger partial charge in [0.25, 0.3) is 10.0 Å². The molecule has 3 aromatic rings. The van der Waals surface area contributed by atoms with Gasteiger partial charge in [0, 0.05) is 32.6 Å². The normalized spacial score (nSPS) is 13.4. The zero-order valence-electron chi connectivity index (χ0n) is 23.9. The third kappa shape index (κ3) is 7.13. The van der Waals surface area contributed by atoms with E-state index in [2.05, 4.69) is 11.3 Å². The number of nitrogens with zero attached hydrogens (tertiary/aromatic N) is 4. The molecular formula is C29H38N4O5S2. The molecule has 3 rings (SSSR count). The number of imidazole rings is 1. The van der Waals surface area contributed by atoms with Crippen molar-refractivity contribution >= 4 is 34.1 Å². The molecule has 0 saturated heterocycles. The summed E-state index contributed by atoms with van der Waals surface area (Å²) in [6.45, 7) is 5.76. The highest BCUT2D eigenvalue weighted by molar-refractivity contribution is 7.98. The lowest BCUT2D eigenvalue weighted by Gasteiger charge is -2.24. The number of aryl methyl sites for hydroxylation is 1. The summed E-state index contributed by atoms with van der Waals surface area (Å²) in [5.41, 5.74) is 0.698. The largest absolute Gasteiger partial charge is 0.464 e. The van der Waals surface area contributed by atoms with Gasteiger partial charge in [-0.25, -0.2) is 9.78 Å². The van der Waals surface area contributed by atoms with Gasteiger partial charge in [0.15, 0.2) is 0 Å². The van der Waals surface area contributed by atoms with Crippen molar-refractivity contribution in [3.05, 3.63) is 65.6 Å². The lowest BCUT2D eigenvalue weighted by molar-refractivity contribution is -0.165. The number of rotatable bonds is 13. The number of carbonyl (C=O) groups is 1. The van der Waals surface area contributed by atoms with Crippen molar-refractivity contribution in [1.29, 1.82) is 0 Å². The monoisotopic (exact) mass is 586 g/mol. The lowest BCUT2D eigenvalue weighted by atomic mass is 10.0. The Morgan fingerprint density at radius 3 is 2.45 bits per heavy atom. The maximum absolute atomic E-state index is 12.9. The van der Waals surface area contributed by atoms with Gasteiger partial charge < -0.3 is 19.3 Å².